The molecule has 0 spiro atoms. The van der Waals surface area contributed by atoms with Crippen LogP contribution in [0.5, 0.6) is 5.75 Å². The van der Waals surface area contributed by atoms with Crippen molar-refractivity contribution in [2.45, 2.75) is 37.6 Å². The molecule has 4 rings (SSSR count). The van der Waals surface area contributed by atoms with Crippen LogP contribution in [0.3, 0.4) is 0 Å². The number of anilines is 1. The average molecular weight is 586 g/mol. The van der Waals surface area contributed by atoms with Crippen LogP contribution in [0.25, 0.3) is 0 Å². The minimum absolute atomic E-state index is 0.111. The zero-order valence-corrected chi connectivity index (χ0v) is 24.2. The van der Waals surface area contributed by atoms with Crippen LogP contribution < -0.4 is 9.46 Å². The van der Waals surface area contributed by atoms with Crippen molar-refractivity contribution in [3.8, 4) is 5.75 Å². The number of ether oxygens (including phenoxy) is 1. The number of rotatable bonds is 10. The maximum Gasteiger partial charge on any atom is 0.335 e. The molecule has 2 aromatic carbocycles. The number of aliphatic hydroxyl groups excluding tert-OH is 1. The molecule has 3 aromatic rings. The molecule has 41 heavy (non-hydrogen) atoms. The summed E-state index contributed by atoms with van der Waals surface area (Å²) in [6.07, 6.45) is 2.40. The Bertz CT molecular complexity index is 1510. The van der Waals surface area contributed by atoms with Crippen molar-refractivity contribution in [2.24, 2.45) is 13.0 Å². The number of hydrogen-bond acceptors (Lipinski definition) is 8. The molecule has 0 bridgehead atoms. The molecule has 220 valence electrons. The van der Waals surface area contributed by atoms with E-state index >= 15 is 0 Å². The summed E-state index contributed by atoms with van der Waals surface area (Å²) in [7, 11) is -0.400. The Labute approximate surface area is 239 Å². The summed E-state index contributed by atoms with van der Waals surface area (Å²) in [6, 6.07) is 10.7. The van der Waals surface area contributed by atoms with E-state index in [2.05, 4.69) is 14.6 Å². The zero-order chi connectivity index (χ0) is 29.9. The lowest BCUT2D eigenvalue weighted by atomic mass is 9.99. The number of hydrogen-bond donors (Lipinski definition) is 3. The van der Waals surface area contributed by atoms with Crippen LogP contribution in [0.2, 0.25) is 0 Å². The lowest BCUT2D eigenvalue weighted by molar-refractivity contribution is 0.0341. The number of benzene rings is 2. The van der Waals surface area contributed by atoms with Gasteiger partial charge in [0.1, 0.15) is 11.9 Å². The minimum atomic E-state index is -3.99. The second-order valence-electron chi connectivity index (χ2n) is 10.5. The number of aromatic carboxylic acids is 1. The van der Waals surface area contributed by atoms with E-state index in [1.54, 1.807) is 49.2 Å². The van der Waals surface area contributed by atoms with Crippen LogP contribution >= 0.6 is 0 Å². The number of nitrogens with one attached hydrogen (secondary N) is 1. The number of sulfonamides is 1. The number of carboxylic acids is 1. The van der Waals surface area contributed by atoms with E-state index in [9.17, 15) is 23.1 Å². The van der Waals surface area contributed by atoms with E-state index in [-0.39, 0.29) is 46.4 Å². The molecule has 0 radical (unpaired) electrons. The highest BCUT2D eigenvalue weighted by Crippen LogP contribution is 2.31. The standard InChI is InChI=1S/C28H35N5O7S/c1-18-12-33(19(2)16-34)27(35)23-11-22(30-41(38,39)26-15-32(4)17-29-26)9-10-24(23)40-25(18)14-31(3)13-20-5-7-21(8-6-20)28(36)37/h5-11,15,17-19,25,30,34H,12-14,16H2,1-4H3,(H,36,37)/t18-,19+,25+/m1/s1. The summed E-state index contributed by atoms with van der Waals surface area (Å²) in [6.45, 7) is 4.84. The summed E-state index contributed by atoms with van der Waals surface area (Å²) < 4.78 is 36.1. The van der Waals surface area contributed by atoms with Crippen LogP contribution in [0.15, 0.2) is 60.0 Å². The van der Waals surface area contributed by atoms with Gasteiger partial charge in [-0.1, -0.05) is 19.1 Å². The average Bonchev–Trinajstić information content (AvgIpc) is 3.38. The molecule has 0 saturated carbocycles. The lowest BCUT2D eigenvalue weighted by Gasteiger charge is -2.38. The van der Waals surface area contributed by atoms with Crippen molar-refractivity contribution in [3.05, 3.63) is 71.7 Å². The topological polar surface area (TPSA) is 154 Å². The van der Waals surface area contributed by atoms with Gasteiger partial charge >= 0.3 is 5.97 Å². The molecule has 13 heteroatoms. The number of nitrogens with zero attached hydrogens (tertiary/aromatic N) is 4. The second-order valence-corrected chi connectivity index (χ2v) is 12.1. The largest absolute Gasteiger partial charge is 0.488 e. The molecular weight excluding hydrogens is 550 g/mol. The van der Waals surface area contributed by atoms with Gasteiger partial charge in [-0.15, -0.1) is 0 Å². The Morgan fingerprint density at radius 3 is 2.56 bits per heavy atom. The predicted molar refractivity (Wildman–Crippen MR) is 151 cm³/mol. The third-order valence-corrected chi connectivity index (χ3v) is 8.28. The molecule has 0 saturated heterocycles. The molecule has 2 heterocycles. The fourth-order valence-corrected chi connectivity index (χ4v) is 5.71. The molecular formula is C28H35N5O7S. The first-order valence-electron chi connectivity index (χ1n) is 13.1. The molecule has 3 atom stereocenters. The summed E-state index contributed by atoms with van der Waals surface area (Å²) >= 11 is 0. The molecule has 0 aliphatic carbocycles. The molecule has 1 aromatic heterocycles. The Balaban J connectivity index is 1.60. The Morgan fingerprint density at radius 1 is 1.24 bits per heavy atom. The van der Waals surface area contributed by atoms with E-state index in [4.69, 9.17) is 9.84 Å². The zero-order valence-electron chi connectivity index (χ0n) is 23.4. The van der Waals surface area contributed by atoms with E-state index in [0.29, 0.717) is 25.4 Å². The van der Waals surface area contributed by atoms with Gasteiger partial charge < -0.3 is 24.4 Å². The normalized spacial score (nSPS) is 18.3. The van der Waals surface area contributed by atoms with Gasteiger partial charge in [0.25, 0.3) is 15.9 Å². The van der Waals surface area contributed by atoms with Gasteiger partial charge in [-0.05, 0) is 49.9 Å². The molecule has 1 aliphatic rings. The van der Waals surface area contributed by atoms with Gasteiger partial charge in [0.2, 0.25) is 0 Å². The molecule has 0 unspecified atom stereocenters. The SMILES string of the molecule is C[C@@H]1CN([C@@H](C)CO)C(=O)c2cc(NS(=O)(=O)c3cn(C)cn3)ccc2O[C@H]1CN(C)Cc1ccc(C(=O)O)cc1. The molecule has 12 nitrogen and oxygen atoms in total. The third-order valence-electron chi connectivity index (χ3n) is 7.02. The number of aliphatic hydroxyl groups is 1. The van der Waals surface area contributed by atoms with Crippen molar-refractivity contribution >= 4 is 27.6 Å². The fraction of sp³-hybridized carbons (Fsp3) is 0.393. The van der Waals surface area contributed by atoms with Crippen LogP contribution in [0.4, 0.5) is 5.69 Å². The Morgan fingerprint density at radius 2 is 1.95 bits per heavy atom. The fourth-order valence-electron chi connectivity index (χ4n) is 4.68. The van der Waals surface area contributed by atoms with Crippen molar-refractivity contribution in [2.75, 3.05) is 31.5 Å². The molecule has 1 aliphatic heterocycles. The van der Waals surface area contributed by atoms with Gasteiger partial charge in [-0.25, -0.2) is 9.78 Å². The number of likely N-dealkylation sites (N-methyl/N-ethyl adjacent to an activating group) is 1. The van der Waals surface area contributed by atoms with Crippen LogP contribution in [0.1, 0.15) is 40.1 Å². The smallest absolute Gasteiger partial charge is 0.335 e. The van der Waals surface area contributed by atoms with E-state index in [1.807, 2.05) is 14.0 Å². The first-order valence-corrected chi connectivity index (χ1v) is 14.6. The van der Waals surface area contributed by atoms with Crippen molar-refractivity contribution in [1.82, 2.24) is 19.4 Å². The Kier molecular flexibility index (Phi) is 9.00. The molecule has 0 fully saturated rings. The van der Waals surface area contributed by atoms with Crippen LogP contribution in [-0.4, -0.2) is 88.7 Å². The van der Waals surface area contributed by atoms with Crippen molar-refractivity contribution < 1.29 is 33.0 Å². The van der Waals surface area contributed by atoms with Gasteiger partial charge in [-0.2, -0.15) is 8.42 Å². The number of carbonyl (C=O) groups is 2. The van der Waals surface area contributed by atoms with Gasteiger partial charge in [0.05, 0.1) is 30.1 Å². The lowest BCUT2D eigenvalue weighted by Crippen LogP contribution is -2.49. The number of carbonyl (C=O) groups excluding carboxylic acids is 1. The molecule has 3 N–H and O–H groups in total. The van der Waals surface area contributed by atoms with Gasteiger partial charge in [0, 0.05) is 44.5 Å². The second kappa shape index (κ2) is 12.3. The highest BCUT2D eigenvalue weighted by molar-refractivity contribution is 7.92. The minimum Gasteiger partial charge on any atom is -0.488 e. The number of amides is 1. The maximum atomic E-state index is 13.7. The first-order chi connectivity index (χ1) is 19.4. The first kappa shape index (κ1) is 30.0. The summed E-state index contributed by atoms with van der Waals surface area (Å²) in [5.41, 5.74) is 1.51. The Hall–Kier alpha value is -3.94. The van der Waals surface area contributed by atoms with E-state index in [1.165, 1.54) is 29.2 Å². The number of carboxylic acid groups (broad SMARTS) is 1. The van der Waals surface area contributed by atoms with Crippen LogP contribution in [-0.2, 0) is 23.6 Å². The number of aryl methyl sites for hydroxylation is 1. The number of imidazole rings is 1. The molecule has 1 amide bonds. The predicted octanol–water partition coefficient (Wildman–Crippen LogP) is 2.27. The highest BCUT2D eigenvalue weighted by Gasteiger charge is 2.34. The van der Waals surface area contributed by atoms with Crippen LogP contribution in [0, 0.1) is 5.92 Å². The van der Waals surface area contributed by atoms with Gasteiger partial charge in [0.15, 0.2) is 5.03 Å². The van der Waals surface area contributed by atoms with Gasteiger partial charge in [-0.3, -0.25) is 14.4 Å². The monoisotopic (exact) mass is 585 g/mol. The maximum absolute atomic E-state index is 13.7. The summed E-state index contributed by atoms with van der Waals surface area (Å²) in [5, 5.41) is 18.9. The third kappa shape index (κ3) is 7.04. The number of aromatic nitrogens is 2. The van der Waals surface area contributed by atoms with E-state index in [0.717, 1.165) is 5.56 Å². The quantitative estimate of drug-likeness (QED) is 0.325. The van der Waals surface area contributed by atoms with Crippen molar-refractivity contribution in [3.63, 3.8) is 0 Å². The highest BCUT2D eigenvalue weighted by atomic mass is 32.2. The summed E-state index contributed by atoms with van der Waals surface area (Å²) in [5.74, 6) is -1.16. The van der Waals surface area contributed by atoms with E-state index < -0.39 is 22.0 Å². The van der Waals surface area contributed by atoms with Crippen molar-refractivity contribution in [1.29, 1.82) is 0 Å². The number of fused-ring (bicyclic) bond motifs is 1. The summed E-state index contributed by atoms with van der Waals surface area (Å²) in [4.78, 5) is 32.4.